The van der Waals surface area contributed by atoms with Gasteiger partial charge in [0.2, 0.25) is 11.8 Å². The van der Waals surface area contributed by atoms with Crippen LogP contribution in [0.4, 0.5) is 4.39 Å². The average Bonchev–Trinajstić information content (AvgIpc) is 3.20. The van der Waals surface area contributed by atoms with E-state index in [2.05, 4.69) is 10.4 Å². The van der Waals surface area contributed by atoms with Crippen molar-refractivity contribution in [1.82, 2.24) is 10.3 Å². The second kappa shape index (κ2) is 9.64. The summed E-state index contributed by atoms with van der Waals surface area (Å²) < 4.78 is 18.4. The number of amides is 2. The molecule has 0 aromatic heterocycles. The van der Waals surface area contributed by atoms with Crippen LogP contribution < -0.4 is 10.1 Å². The molecule has 1 aliphatic rings. The molecule has 0 spiro atoms. The second-order valence-corrected chi connectivity index (χ2v) is 6.34. The Kier molecular flexibility index (Phi) is 6.73. The summed E-state index contributed by atoms with van der Waals surface area (Å²) in [7, 11) is 0. The maximum Gasteiger partial charge on any atom is 0.243 e. The van der Waals surface area contributed by atoms with Gasteiger partial charge in [-0.3, -0.25) is 9.59 Å². The lowest BCUT2D eigenvalue weighted by Crippen LogP contribution is -2.30. The van der Waals surface area contributed by atoms with Crippen LogP contribution in [0.3, 0.4) is 0 Å². The monoisotopic (exact) mass is 383 g/mol. The number of nitrogens with zero attached hydrogens (tertiary/aromatic N) is 2. The Labute approximate surface area is 163 Å². The van der Waals surface area contributed by atoms with Gasteiger partial charge in [0.25, 0.3) is 0 Å². The maximum absolute atomic E-state index is 13.0. The highest BCUT2D eigenvalue weighted by molar-refractivity contribution is 6.02. The molecule has 1 aliphatic heterocycles. The minimum atomic E-state index is -0.375. The van der Waals surface area contributed by atoms with Crippen LogP contribution in [0.15, 0.2) is 59.7 Å². The molecule has 7 heteroatoms. The number of rotatable bonds is 8. The summed E-state index contributed by atoms with van der Waals surface area (Å²) in [5.74, 6) is -0.370. The number of carbonyl (C=O) groups is 2. The Morgan fingerprint density at radius 2 is 1.93 bits per heavy atom. The van der Waals surface area contributed by atoms with E-state index in [0.29, 0.717) is 18.7 Å². The van der Waals surface area contributed by atoms with E-state index in [0.717, 1.165) is 11.3 Å². The van der Waals surface area contributed by atoms with E-state index in [9.17, 15) is 14.0 Å². The zero-order valence-electron chi connectivity index (χ0n) is 15.4. The van der Waals surface area contributed by atoms with Crippen LogP contribution in [0.25, 0.3) is 0 Å². The highest BCUT2D eigenvalue weighted by Gasteiger charge is 2.21. The lowest BCUT2D eigenvalue weighted by Gasteiger charge is -2.11. The molecule has 2 aromatic carbocycles. The predicted octanol–water partition coefficient (Wildman–Crippen LogP) is 2.74. The lowest BCUT2D eigenvalue weighted by atomic mass is 10.1. The molecule has 1 heterocycles. The third-order valence-corrected chi connectivity index (χ3v) is 4.25. The zero-order chi connectivity index (χ0) is 19.8. The summed E-state index contributed by atoms with van der Waals surface area (Å²) in [6.07, 6.45) is 0.896. The summed E-state index contributed by atoms with van der Waals surface area (Å²) in [6, 6.07) is 15.5. The fourth-order valence-electron chi connectivity index (χ4n) is 2.82. The van der Waals surface area contributed by atoms with Gasteiger partial charge >= 0.3 is 0 Å². The van der Waals surface area contributed by atoms with E-state index < -0.39 is 0 Å². The number of hydrogen-bond donors (Lipinski definition) is 1. The second-order valence-electron chi connectivity index (χ2n) is 6.34. The normalized spacial score (nSPS) is 13.2. The van der Waals surface area contributed by atoms with Crippen molar-refractivity contribution >= 4 is 17.5 Å². The van der Waals surface area contributed by atoms with Gasteiger partial charge in [-0.15, -0.1) is 0 Å². The molecule has 0 aliphatic carbocycles. The van der Waals surface area contributed by atoms with Gasteiger partial charge in [0.1, 0.15) is 18.2 Å². The summed E-state index contributed by atoms with van der Waals surface area (Å²) in [6.45, 7) is 1.04. The first-order valence-electron chi connectivity index (χ1n) is 9.20. The van der Waals surface area contributed by atoms with E-state index in [1.165, 1.54) is 17.1 Å². The topological polar surface area (TPSA) is 71.0 Å². The number of benzene rings is 2. The molecular formula is C21H22FN3O3. The fraction of sp³-hybridized carbons (Fsp3) is 0.286. The largest absolute Gasteiger partial charge is 0.492 e. The molecule has 0 saturated carbocycles. The van der Waals surface area contributed by atoms with E-state index in [4.69, 9.17) is 4.74 Å². The van der Waals surface area contributed by atoms with E-state index in [1.54, 1.807) is 12.1 Å². The summed E-state index contributed by atoms with van der Waals surface area (Å²) in [4.78, 5) is 24.1. The molecular weight excluding hydrogens is 361 g/mol. The van der Waals surface area contributed by atoms with Gasteiger partial charge in [0, 0.05) is 25.3 Å². The lowest BCUT2D eigenvalue weighted by molar-refractivity contribution is -0.133. The molecule has 146 valence electrons. The quantitative estimate of drug-likeness (QED) is 0.713. The summed E-state index contributed by atoms with van der Waals surface area (Å²) >= 11 is 0. The van der Waals surface area contributed by atoms with Crippen LogP contribution in [0.2, 0.25) is 0 Å². The minimum absolute atomic E-state index is 0.0888. The Bertz CT molecular complexity index is 855. The molecule has 28 heavy (non-hydrogen) atoms. The highest BCUT2D eigenvalue weighted by Crippen LogP contribution is 2.15. The Morgan fingerprint density at radius 1 is 1.11 bits per heavy atom. The van der Waals surface area contributed by atoms with Crippen molar-refractivity contribution in [3.63, 3.8) is 0 Å². The third-order valence-electron chi connectivity index (χ3n) is 4.25. The fourth-order valence-corrected chi connectivity index (χ4v) is 2.82. The molecule has 2 amide bonds. The van der Waals surface area contributed by atoms with Crippen molar-refractivity contribution in [2.45, 2.75) is 19.3 Å². The van der Waals surface area contributed by atoms with Crippen molar-refractivity contribution in [1.29, 1.82) is 0 Å². The maximum atomic E-state index is 13.0. The van der Waals surface area contributed by atoms with Crippen molar-refractivity contribution < 1.29 is 18.7 Å². The van der Waals surface area contributed by atoms with E-state index in [-0.39, 0.29) is 43.6 Å². The predicted molar refractivity (Wildman–Crippen MR) is 103 cm³/mol. The molecule has 0 unspecified atom stereocenters. The summed E-state index contributed by atoms with van der Waals surface area (Å²) in [5.41, 5.74) is 1.89. The first-order valence-corrected chi connectivity index (χ1v) is 9.20. The number of carbonyl (C=O) groups excluding carboxylic acids is 2. The SMILES string of the molecule is O=C(CCC(=O)N1CCC(c2ccccc2)=N1)NCCOc1cccc(F)c1. The standard InChI is InChI=1S/C21H22FN3O3/c22-17-7-4-8-18(15-17)28-14-12-23-20(26)9-10-21(27)25-13-11-19(24-25)16-5-2-1-3-6-16/h1-8,15H,9-14H2,(H,23,26). The first kappa shape index (κ1) is 19.5. The smallest absolute Gasteiger partial charge is 0.243 e. The number of ether oxygens (including phenoxy) is 1. The number of hydrazone groups is 1. The van der Waals surface area contributed by atoms with Crippen LogP contribution in [-0.2, 0) is 9.59 Å². The molecule has 0 bridgehead atoms. The van der Waals surface area contributed by atoms with Crippen LogP contribution in [0.1, 0.15) is 24.8 Å². The van der Waals surface area contributed by atoms with Crippen LogP contribution in [0, 0.1) is 5.82 Å². The van der Waals surface area contributed by atoms with Gasteiger partial charge in [-0.2, -0.15) is 5.10 Å². The molecule has 3 rings (SSSR count). The highest BCUT2D eigenvalue weighted by atomic mass is 19.1. The van der Waals surface area contributed by atoms with Crippen molar-refractivity contribution in [3.05, 3.63) is 66.0 Å². The molecule has 0 fully saturated rings. The molecule has 0 saturated heterocycles. The van der Waals surface area contributed by atoms with Crippen molar-refractivity contribution in [3.8, 4) is 5.75 Å². The van der Waals surface area contributed by atoms with Crippen LogP contribution >= 0.6 is 0 Å². The van der Waals surface area contributed by atoms with Crippen LogP contribution in [-0.4, -0.2) is 42.2 Å². The van der Waals surface area contributed by atoms with Gasteiger partial charge in [-0.1, -0.05) is 36.4 Å². The Balaban J connectivity index is 1.35. The third kappa shape index (κ3) is 5.64. The van der Waals surface area contributed by atoms with Gasteiger partial charge in [0.15, 0.2) is 0 Å². The summed E-state index contributed by atoms with van der Waals surface area (Å²) in [5, 5.41) is 8.49. The number of nitrogens with one attached hydrogen (secondary N) is 1. The van der Waals surface area contributed by atoms with Gasteiger partial charge in [0.05, 0.1) is 18.8 Å². The van der Waals surface area contributed by atoms with E-state index in [1.807, 2.05) is 30.3 Å². The van der Waals surface area contributed by atoms with Gasteiger partial charge < -0.3 is 10.1 Å². The molecule has 2 aromatic rings. The molecule has 1 N–H and O–H groups in total. The Hall–Kier alpha value is -3.22. The Morgan fingerprint density at radius 3 is 2.71 bits per heavy atom. The molecule has 0 atom stereocenters. The zero-order valence-corrected chi connectivity index (χ0v) is 15.4. The average molecular weight is 383 g/mol. The van der Waals surface area contributed by atoms with Gasteiger partial charge in [-0.25, -0.2) is 9.40 Å². The minimum Gasteiger partial charge on any atom is -0.492 e. The number of halogens is 1. The van der Waals surface area contributed by atoms with Crippen molar-refractivity contribution in [2.24, 2.45) is 5.10 Å². The van der Waals surface area contributed by atoms with Crippen molar-refractivity contribution in [2.75, 3.05) is 19.7 Å². The number of hydrogen-bond acceptors (Lipinski definition) is 4. The first-order chi connectivity index (χ1) is 13.6. The van der Waals surface area contributed by atoms with E-state index >= 15 is 0 Å². The molecule has 6 nitrogen and oxygen atoms in total. The van der Waals surface area contributed by atoms with Crippen LogP contribution in [0.5, 0.6) is 5.75 Å². The molecule has 0 radical (unpaired) electrons. The van der Waals surface area contributed by atoms with Gasteiger partial charge in [-0.05, 0) is 17.7 Å².